The van der Waals surface area contributed by atoms with Crippen LogP contribution in [0.5, 0.6) is 11.5 Å². The summed E-state index contributed by atoms with van der Waals surface area (Å²) in [5.74, 6) is 1.32. The summed E-state index contributed by atoms with van der Waals surface area (Å²) in [6.07, 6.45) is 3.75. The molecule has 4 aromatic carbocycles. The van der Waals surface area contributed by atoms with Gasteiger partial charge in [-0.05, 0) is 81.5 Å². The van der Waals surface area contributed by atoms with Crippen molar-refractivity contribution >= 4 is 45.7 Å². The monoisotopic (exact) mass is 682 g/mol. The van der Waals surface area contributed by atoms with Gasteiger partial charge in [0.15, 0.2) is 16.3 Å². The van der Waals surface area contributed by atoms with E-state index in [1.165, 1.54) is 28.0 Å². The molecule has 0 amide bonds. The molecule has 0 fully saturated rings. The summed E-state index contributed by atoms with van der Waals surface area (Å²) in [5.41, 5.74) is 7.71. The molecule has 5 aromatic rings. The lowest BCUT2D eigenvalue weighted by Crippen LogP contribution is -2.38. The van der Waals surface area contributed by atoms with Gasteiger partial charge in [0.05, 0.1) is 27.0 Å². The maximum Gasteiger partial charge on any atom is 0.271 e. The Morgan fingerprint density at radius 1 is 0.976 bits per heavy atom. The Balaban J connectivity index is 1.33. The number of allylic oxidation sites excluding steroid dienone is 1. The van der Waals surface area contributed by atoms with E-state index >= 15 is 0 Å². The molecule has 1 atom stereocenters. The quantitative estimate of drug-likeness (QED) is 0.192. The lowest BCUT2D eigenvalue weighted by molar-refractivity contribution is 0.282. The molecule has 7 heteroatoms. The molecule has 5 nitrogen and oxygen atoms in total. The van der Waals surface area contributed by atoms with Crippen LogP contribution in [0.1, 0.15) is 40.3 Å². The first-order valence-electron chi connectivity index (χ1n) is 13.8. The molecular formula is C35H27IN2O3S. The molecule has 0 radical (unpaired) electrons. The Labute approximate surface area is 261 Å². The fourth-order valence-electron chi connectivity index (χ4n) is 5.80. The van der Waals surface area contributed by atoms with Gasteiger partial charge >= 0.3 is 0 Å². The standard InChI is InChI=1S/C35H27IN2O3S/c1-40-29-19-23(18-28(36)33(29)41-21-22-10-4-2-5-11-22)20-30-34(39)38-32(25-13-6-3-7-14-25)27-17-16-24-12-8-9-15-26(24)31(27)37-35(38)42-30/h2-15,18-20,32H,16-17,21H2,1H3/b30-20-/t32-/m0/s1. The predicted octanol–water partition coefficient (Wildman–Crippen LogP) is 6.51. The fourth-order valence-corrected chi connectivity index (χ4v) is 7.58. The van der Waals surface area contributed by atoms with Gasteiger partial charge in [-0.1, -0.05) is 96.3 Å². The van der Waals surface area contributed by atoms with Gasteiger partial charge in [-0.2, -0.15) is 0 Å². The highest BCUT2D eigenvalue weighted by atomic mass is 127. The van der Waals surface area contributed by atoms with E-state index in [9.17, 15) is 4.79 Å². The Morgan fingerprint density at radius 3 is 2.50 bits per heavy atom. The minimum absolute atomic E-state index is 0.0311. The first-order valence-corrected chi connectivity index (χ1v) is 15.7. The van der Waals surface area contributed by atoms with Gasteiger partial charge in [-0.15, -0.1) is 0 Å². The second-order valence-corrected chi connectivity index (χ2v) is 12.5. The summed E-state index contributed by atoms with van der Waals surface area (Å²) in [7, 11) is 1.64. The molecule has 1 aliphatic carbocycles. The van der Waals surface area contributed by atoms with Gasteiger partial charge in [0, 0.05) is 5.56 Å². The number of benzene rings is 4. The Morgan fingerprint density at radius 2 is 1.71 bits per heavy atom. The van der Waals surface area contributed by atoms with E-state index in [2.05, 4.69) is 59.0 Å². The number of ether oxygens (including phenoxy) is 2. The zero-order chi connectivity index (χ0) is 28.6. The van der Waals surface area contributed by atoms with E-state index < -0.39 is 0 Å². The minimum Gasteiger partial charge on any atom is -0.493 e. The second kappa shape index (κ2) is 11.4. The first-order chi connectivity index (χ1) is 20.6. The van der Waals surface area contributed by atoms with E-state index in [1.54, 1.807) is 7.11 Å². The smallest absolute Gasteiger partial charge is 0.271 e. The fraction of sp³-hybridized carbons (Fsp3) is 0.143. The summed E-state index contributed by atoms with van der Waals surface area (Å²) >= 11 is 3.71. The molecule has 7 rings (SSSR count). The van der Waals surface area contributed by atoms with Crippen LogP contribution in [0.2, 0.25) is 0 Å². The topological polar surface area (TPSA) is 52.8 Å². The number of rotatable bonds is 6. The lowest BCUT2D eigenvalue weighted by atomic mass is 9.83. The van der Waals surface area contributed by atoms with Crippen LogP contribution in [0, 0.1) is 3.57 Å². The average Bonchev–Trinajstić information content (AvgIpc) is 3.34. The molecule has 0 unspecified atom stereocenters. The molecular weight excluding hydrogens is 655 g/mol. The summed E-state index contributed by atoms with van der Waals surface area (Å²) in [6, 6.07) is 32.6. The van der Waals surface area contributed by atoms with Crippen molar-refractivity contribution in [2.45, 2.75) is 25.5 Å². The number of thiazole rings is 1. The average molecular weight is 683 g/mol. The summed E-state index contributed by atoms with van der Waals surface area (Å²) in [6.45, 7) is 0.443. The third-order valence-corrected chi connectivity index (χ3v) is 9.55. The van der Waals surface area contributed by atoms with Crippen LogP contribution in [0.3, 0.4) is 0 Å². The van der Waals surface area contributed by atoms with Crippen LogP contribution >= 0.6 is 33.9 Å². The Hall–Kier alpha value is -3.95. The third kappa shape index (κ3) is 4.90. The van der Waals surface area contributed by atoms with Gasteiger partial charge in [0.2, 0.25) is 0 Å². The SMILES string of the molecule is COc1cc(/C=c2\sc3n(c2=O)[C@@H](c2ccccc2)C2=C(N=3)c3ccccc3CC2)cc(I)c1OCc1ccccc1. The van der Waals surface area contributed by atoms with Gasteiger partial charge in [0.1, 0.15) is 6.61 Å². The van der Waals surface area contributed by atoms with E-state index in [4.69, 9.17) is 14.5 Å². The summed E-state index contributed by atoms with van der Waals surface area (Å²) < 4.78 is 15.3. The van der Waals surface area contributed by atoms with Crippen LogP contribution in [0.4, 0.5) is 0 Å². The normalized spacial score (nSPS) is 15.9. The lowest BCUT2D eigenvalue weighted by Gasteiger charge is -2.30. The maximum absolute atomic E-state index is 14.1. The molecule has 0 saturated carbocycles. The summed E-state index contributed by atoms with van der Waals surface area (Å²) in [4.78, 5) is 19.9. The van der Waals surface area contributed by atoms with Crippen LogP contribution < -0.4 is 24.4 Å². The zero-order valence-corrected chi connectivity index (χ0v) is 25.9. The first kappa shape index (κ1) is 26.9. The highest BCUT2D eigenvalue weighted by Gasteiger charge is 2.32. The highest BCUT2D eigenvalue weighted by molar-refractivity contribution is 14.1. The van der Waals surface area contributed by atoms with Gasteiger partial charge in [-0.25, -0.2) is 4.99 Å². The van der Waals surface area contributed by atoms with Gasteiger partial charge in [0.25, 0.3) is 5.56 Å². The van der Waals surface area contributed by atoms with Crippen molar-refractivity contribution in [1.82, 2.24) is 4.57 Å². The molecule has 0 spiro atoms. The van der Waals surface area contributed by atoms with Crippen LogP contribution in [-0.2, 0) is 13.0 Å². The minimum atomic E-state index is -0.184. The molecule has 0 bridgehead atoms. The number of hydrogen-bond donors (Lipinski definition) is 0. The largest absolute Gasteiger partial charge is 0.493 e. The maximum atomic E-state index is 14.1. The van der Waals surface area contributed by atoms with Gasteiger partial charge < -0.3 is 9.47 Å². The van der Waals surface area contributed by atoms with Crippen molar-refractivity contribution < 1.29 is 9.47 Å². The third-order valence-electron chi connectivity index (χ3n) is 7.76. The number of methoxy groups -OCH3 is 1. The van der Waals surface area contributed by atoms with E-state index in [1.807, 2.05) is 71.3 Å². The number of nitrogens with zero attached hydrogens (tertiary/aromatic N) is 2. The van der Waals surface area contributed by atoms with Crippen molar-refractivity contribution in [3.05, 3.63) is 154 Å². The molecule has 0 N–H and O–H groups in total. The predicted molar refractivity (Wildman–Crippen MR) is 176 cm³/mol. The van der Waals surface area contributed by atoms with Crippen molar-refractivity contribution in [2.24, 2.45) is 4.99 Å². The van der Waals surface area contributed by atoms with Gasteiger partial charge in [-0.3, -0.25) is 9.36 Å². The number of hydrogen-bond acceptors (Lipinski definition) is 5. The molecule has 2 aliphatic rings. The second-order valence-electron chi connectivity index (χ2n) is 10.3. The van der Waals surface area contributed by atoms with Crippen LogP contribution in [0.15, 0.2) is 112 Å². The van der Waals surface area contributed by atoms with Crippen molar-refractivity contribution in [3.8, 4) is 11.5 Å². The molecule has 1 aromatic heterocycles. The van der Waals surface area contributed by atoms with Crippen molar-refractivity contribution in [2.75, 3.05) is 7.11 Å². The molecule has 2 heterocycles. The Kier molecular flexibility index (Phi) is 7.29. The Bertz CT molecular complexity index is 2010. The number of aryl methyl sites for hydroxylation is 1. The number of halogens is 1. The van der Waals surface area contributed by atoms with Crippen molar-refractivity contribution in [1.29, 1.82) is 0 Å². The van der Waals surface area contributed by atoms with Crippen LogP contribution in [0.25, 0.3) is 11.8 Å². The van der Waals surface area contributed by atoms with E-state index in [-0.39, 0.29) is 11.6 Å². The molecule has 1 aliphatic heterocycles. The van der Waals surface area contributed by atoms with Crippen molar-refractivity contribution in [3.63, 3.8) is 0 Å². The number of fused-ring (bicyclic) bond motifs is 3. The molecule has 208 valence electrons. The molecule has 0 saturated heterocycles. The van der Waals surface area contributed by atoms with Crippen LogP contribution in [-0.4, -0.2) is 11.7 Å². The van der Waals surface area contributed by atoms with E-state index in [0.717, 1.165) is 43.6 Å². The highest BCUT2D eigenvalue weighted by Crippen LogP contribution is 2.41. The summed E-state index contributed by atoms with van der Waals surface area (Å²) in [5, 5.41) is 0. The van der Waals surface area contributed by atoms with E-state index in [0.29, 0.717) is 22.6 Å². The zero-order valence-electron chi connectivity index (χ0n) is 22.9. The molecule has 42 heavy (non-hydrogen) atoms. The number of aromatic nitrogens is 1.